The maximum atomic E-state index is 13.6. The van der Waals surface area contributed by atoms with Crippen LogP contribution in [0, 0.1) is 5.82 Å². The molecule has 0 unspecified atom stereocenters. The molecule has 2 aromatic rings. The van der Waals surface area contributed by atoms with Crippen LogP contribution in [0.2, 0.25) is 5.15 Å². The van der Waals surface area contributed by atoms with Gasteiger partial charge in [0.25, 0.3) is 5.56 Å². The third-order valence-corrected chi connectivity index (χ3v) is 3.05. The molecule has 0 spiro atoms. The molecule has 0 bridgehead atoms. The minimum absolute atomic E-state index is 0.161. The van der Waals surface area contributed by atoms with Gasteiger partial charge in [-0.25, -0.2) is 4.39 Å². The van der Waals surface area contributed by atoms with Crippen LogP contribution in [0.1, 0.15) is 0 Å². The number of halogens is 2. The third kappa shape index (κ3) is 2.24. The monoisotopic (exact) mass is 267 g/mol. The van der Waals surface area contributed by atoms with E-state index in [1.165, 1.54) is 29.9 Å². The zero-order valence-corrected chi connectivity index (χ0v) is 10.7. The third-order valence-electron chi connectivity index (χ3n) is 2.69. The predicted octanol–water partition coefficient (Wildman–Crippen LogP) is 2.85. The predicted molar refractivity (Wildman–Crippen MR) is 68.6 cm³/mol. The summed E-state index contributed by atoms with van der Waals surface area (Å²) in [6, 6.07) is 7.52. The molecule has 0 amide bonds. The van der Waals surface area contributed by atoms with E-state index in [2.05, 4.69) is 0 Å². The van der Waals surface area contributed by atoms with Crippen molar-refractivity contribution in [2.45, 2.75) is 0 Å². The van der Waals surface area contributed by atoms with Crippen LogP contribution in [0.15, 0.2) is 35.1 Å². The Morgan fingerprint density at radius 2 is 1.94 bits per heavy atom. The lowest BCUT2D eigenvalue weighted by molar-refractivity contribution is 0.386. The minimum atomic E-state index is -0.480. The standard InChI is InChI=1S/C13H11ClFNO2/c1-16-12(14)6-9(7-13(16)17)8-3-4-11(18-2)10(15)5-8/h3-7H,1-2H3. The maximum absolute atomic E-state index is 13.6. The number of aromatic nitrogens is 1. The molecule has 0 aliphatic carbocycles. The van der Waals surface area contributed by atoms with Crippen molar-refractivity contribution in [3.8, 4) is 16.9 Å². The highest BCUT2D eigenvalue weighted by Gasteiger charge is 2.08. The lowest BCUT2D eigenvalue weighted by Crippen LogP contribution is -2.15. The Kier molecular flexibility index (Phi) is 3.39. The lowest BCUT2D eigenvalue weighted by Gasteiger charge is -2.07. The van der Waals surface area contributed by atoms with Crippen molar-refractivity contribution in [3.63, 3.8) is 0 Å². The van der Waals surface area contributed by atoms with E-state index in [1.807, 2.05) is 0 Å². The summed E-state index contributed by atoms with van der Waals surface area (Å²) in [5.41, 5.74) is 0.909. The molecule has 0 radical (unpaired) electrons. The van der Waals surface area contributed by atoms with E-state index < -0.39 is 5.82 Å². The number of rotatable bonds is 2. The molecule has 0 atom stereocenters. The van der Waals surface area contributed by atoms with Gasteiger partial charge in [-0.05, 0) is 29.3 Å². The van der Waals surface area contributed by atoms with Crippen LogP contribution in [-0.2, 0) is 7.05 Å². The molecule has 0 saturated carbocycles. The van der Waals surface area contributed by atoms with Gasteiger partial charge in [0.15, 0.2) is 11.6 Å². The van der Waals surface area contributed by atoms with Gasteiger partial charge in [0, 0.05) is 13.1 Å². The van der Waals surface area contributed by atoms with Crippen molar-refractivity contribution in [1.82, 2.24) is 4.57 Å². The van der Waals surface area contributed by atoms with E-state index in [9.17, 15) is 9.18 Å². The van der Waals surface area contributed by atoms with Gasteiger partial charge in [0.1, 0.15) is 5.15 Å². The van der Waals surface area contributed by atoms with Crippen molar-refractivity contribution in [2.75, 3.05) is 7.11 Å². The van der Waals surface area contributed by atoms with Crippen LogP contribution < -0.4 is 10.3 Å². The fourth-order valence-electron chi connectivity index (χ4n) is 1.61. The van der Waals surface area contributed by atoms with Crippen LogP contribution in [0.5, 0.6) is 5.75 Å². The summed E-state index contributed by atoms with van der Waals surface area (Å²) >= 11 is 5.91. The maximum Gasteiger partial charge on any atom is 0.252 e. The molecule has 3 nitrogen and oxygen atoms in total. The molecule has 5 heteroatoms. The van der Waals surface area contributed by atoms with Gasteiger partial charge in [-0.15, -0.1) is 0 Å². The Bertz CT molecular complexity index is 652. The summed E-state index contributed by atoms with van der Waals surface area (Å²) in [5.74, 6) is -0.319. The quantitative estimate of drug-likeness (QED) is 0.784. The van der Waals surface area contributed by atoms with E-state index in [4.69, 9.17) is 16.3 Å². The Morgan fingerprint density at radius 1 is 1.22 bits per heavy atom. The molecule has 0 aliphatic heterocycles. The SMILES string of the molecule is COc1ccc(-c2cc(Cl)n(C)c(=O)c2)cc1F. The van der Waals surface area contributed by atoms with Gasteiger partial charge < -0.3 is 9.30 Å². The summed E-state index contributed by atoms with van der Waals surface area (Å²) < 4.78 is 19.7. The molecule has 94 valence electrons. The molecule has 2 rings (SSSR count). The fourth-order valence-corrected chi connectivity index (χ4v) is 1.82. The number of ether oxygens (including phenoxy) is 1. The van der Waals surface area contributed by atoms with Crippen molar-refractivity contribution < 1.29 is 9.13 Å². The van der Waals surface area contributed by atoms with Crippen molar-refractivity contribution in [1.29, 1.82) is 0 Å². The highest BCUT2D eigenvalue weighted by atomic mass is 35.5. The van der Waals surface area contributed by atoms with E-state index in [0.29, 0.717) is 16.3 Å². The lowest BCUT2D eigenvalue weighted by atomic mass is 10.1. The first-order valence-corrected chi connectivity index (χ1v) is 5.61. The molecule has 0 fully saturated rings. The van der Waals surface area contributed by atoms with Gasteiger partial charge in [0.05, 0.1) is 7.11 Å². The minimum Gasteiger partial charge on any atom is -0.494 e. The van der Waals surface area contributed by atoms with Gasteiger partial charge in [-0.3, -0.25) is 4.79 Å². The summed E-state index contributed by atoms with van der Waals surface area (Å²) in [4.78, 5) is 11.6. The van der Waals surface area contributed by atoms with Gasteiger partial charge in [0.2, 0.25) is 0 Å². The van der Waals surface area contributed by atoms with Crippen LogP contribution >= 0.6 is 11.6 Å². The van der Waals surface area contributed by atoms with E-state index >= 15 is 0 Å². The van der Waals surface area contributed by atoms with Crippen LogP contribution in [-0.4, -0.2) is 11.7 Å². The molecule has 0 saturated heterocycles. The summed E-state index contributed by atoms with van der Waals surface area (Å²) in [7, 11) is 2.97. The van der Waals surface area contributed by atoms with Crippen LogP contribution in [0.3, 0.4) is 0 Å². The number of benzene rings is 1. The Balaban J connectivity index is 2.56. The second-order valence-corrected chi connectivity index (χ2v) is 4.20. The average molecular weight is 268 g/mol. The molecule has 0 N–H and O–H groups in total. The summed E-state index contributed by atoms with van der Waals surface area (Å²) in [6.45, 7) is 0. The van der Waals surface area contributed by atoms with Gasteiger partial charge in [-0.1, -0.05) is 17.7 Å². The Labute approximate surface area is 108 Å². The number of methoxy groups -OCH3 is 1. The van der Waals surface area contributed by atoms with E-state index in [-0.39, 0.29) is 11.3 Å². The number of hydrogen-bond acceptors (Lipinski definition) is 2. The zero-order valence-electron chi connectivity index (χ0n) is 9.91. The van der Waals surface area contributed by atoms with Crippen molar-refractivity contribution in [2.24, 2.45) is 7.05 Å². The van der Waals surface area contributed by atoms with Crippen molar-refractivity contribution >= 4 is 11.6 Å². The highest BCUT2D eigenvalue weighted by molar-refractivity contribution is 6.29. The first kappa shape index (κ1) is 12.6. The van der Waals surface area contributed by atoms with E-state index in [1.54, 1.807) is 19.2 Å². The zero-order chi connectivity index (χ0) is 13.3. The molecule has 1 aromatic heterocycles. The molecule has 18 heavy (non-hydrogen) atoms. The molecular weight excluding hydrogens is 257 g/mol. The number of hydrogen-bond donors (Lipinski definition) is 0. The molecule has 0 aliphatic rings. The van der Waals surface area contributed by atoms with Gasteiger partial charge in [-0.2, -0.15) is 0 Å². The first-order valence-electron chi connectivity index (χ1n) is 5.23. The van der Waals surface area contributed by atoms with Crippen LogP contribution in [0.25, 0.3) is 11.1 Å². The van der Waals surface area contributed by atoms with Crippen LogP contribution in [0.4, 0.5) is 4.39 Å². The largest absolute Gasteiger partial charge is 0.494 e. The Morgan fingerprint density at radius 3 is 2.50 bits per heavy atom. The Hall–Kier alpha value is -1.81. The highest BCUT2D eigenvalue weighted by Crippen LogP contribution is 2.25. The second kappa shape index (κ2) is 4.82. The molecular formula is C13H11ClFNO2. The fraction of sp³-hybridized carbons (Fsp3) is 0.154. The topological polar surface area (TPSA) is 31.2 Å². The normalized spacial score (nSPS) is 10.4. The second-order valence-electron chi connectivity index (χ2n) is 3.81. The average Bonchev–Trinajstić information content (AvgIpc) is 2.35. The smallest absolute Gasteiger partial charge is 0.252 e. The number of pyridine rings is 1. The van der Waals surface area contributed by atoms with E-state index in [0.717, 1.165) is 0 Å². The van der Waals surface area contributed by atoms with Gasteiger partial charge >= 0.3 is 0 Å². The molecule has 1 aromatic carbocycles. The molecule has 1 heterocycles. The first-order chi connectivity index (χ1) is 8.52. The van der Waals surface area contributed by atoms with Crippen molar-refractivity contribution in [3.05, 3.63) is 51.7 Å². The summed E-state index contributed by atoms with van der Waals surface area (Å²) in [5, 5.41) is 0.300. The number of nitrogens with zero attached hydrogens (tertiary/aromatic N) is 1. The summed E-state index contributed by atoms with van der Waals surface area (Å²) in [6.07, 6.45) is 0.